The van der Waals surface area contributed by atoms with Crippen LogP contribution in [0.4, 0.5) is 23.7 Å². The second kappa shape index (κ2) is 10.8. The van der Waals surface area contributed by atoms with E-state index in [0.717, 1.165) is 12.1 Å². The molecular formula is C22H18F3IN2O6S. The van der Waals surface area contributed by atoms with Crippen LogP contribution in [0.25, 0.3) is 6.08 Å². The second-order valence-electron chi connectivity index (χ2n) is 6.97. The zero-order valence-electron chi connectivity index (χ0n) is 18.5. The van der Waals surface area contributed by atoms with Gasteiger partial charge in [0.1, 0.15) is 12.3 Å². The first-order valence-electron chi connectivity index (χ1n) is 9.70. The minimum atomic E-state index is -4.63. The molecule has 1 aliphatic rings. The Morgan fingerprint density at radius 1 is 1.09 bits per heavy atom. The Morgan fingerprint density at radius 2 is 1.77 bits per heavy atom. The number of hydrogen-bond acceptors (Lipinski definition) is 7. The van der Waals surface area contributed by atoms with Crippen molar-refractivity contribution >= 4 is 63.2 Å². The summed E-state index contributed by atoms with van der Waals surface area (Å²) >= 11 is 2.68. The first-order chi connectivity index (χ1) is 16.5. The van der Waals surface area contributed by atoms with Crippen LogP contribution in [0, 0.1) is 3.57 Å². The lowest BCUT2D eigenvalue weighted by atomic mass is 10.1. The van der Waals surface area contributed by atoms with Gasteiger partial charge in [0.05, 0.1) is 41.1 Å². The van der Waals surface area contributed by atoms with Crippen LogP contribution >= 0.6 is 34.4 Å². The third kappa shape index (κ3) is 6.01. The van der Waals surface area contributed by atoms with Crippen molar-refractivity contribution < 1.29 is 41.8 Å². The van der Waals surface area contributed by atoms with Crippen LogP contribution in [-0.4, -0.2) is 49.8 Å². The Labute approximate surface area is 215 Å². The summed E-state index contributed by atoms with van der Waals surface area (Å²) in [6.45, 7) is -0.690. The first-order valence-corrected chi connectivity index (χ1v) is 11.6. The number of amides is 3. The van der Waals surface area contributed by atoms with Gasteiger partial charge in [-0.05, 0) is 76.3 Å². The lowest BCUT2D eigenvalue weighted by Crippen LogP contribution is -2.36. The molecule has 2 aromatic rings. The highest BCUT2D eigenvalue weighted by molar-refractivity contribution is 14.1. The van der Waals surface area contributed by atoms with Crippen molar-refractivity contribution in [2.24, 2.45) is 0 Å². The number of rotatable bonds is 7. The summed E-state index contributed by atoms with van der Waals surface area (Å²) in [6, 6.07) is 5.93. The number of ether oxygens (including phenoxy) is 3. The zero-order valence-corrected chi connectivity index (χ0v) is 21.5. The summed E-state index contributed by atoms with van der Waals surface area (Å²) in [4.78, 5) is 38.5. The molecule has 0 radical (unpaired) electrons. The lowest BCUT2D eigenvalue weighted by molar-refractivity contribution is -0.137. The molecule has 0 spiro atoms. The number of methoxy groups -OCH3 is 3. The van der Waals surface area contributed by atoms with Crippen LogP contribution in [0.3, 0.4) is 0 Å². The molecule has 35 heavy (non-hydrogen) atoms. The van der Waals surface area contributed by atoms with Gasteiger partial charge in [0.15, 0.2) is 11.5 Å². The SMILES string of the molecule is COc1ccc(C(F)(F)F)cc1NC(=O)CN1C(=O)S/C(=C\c2cc(I)c(OC)c(OC)c2)C1=O. The smallest absolute Gasteiger partial charge is 0.416 e. The normalized spacial score (nSPS) is 14.9. The third-order valence-electron chi connectivity index (χ3n) is 4.73. The van der Waals surface area contributed by atoms with Crippen LogP contribution < -0.4 is 19.5 Å². The molecule has 0 atom stereocenters. The number of hydrogen-bond donors (Lipinski definition) is 1. The van der Waals surface area contributed by atoms with E-state index in [0.29, 0.717) is 43.4 Å². The fourth-order valence-corrected chi connectivity index (χ4v) is 4.81. The number of thioether (sulfide) groups is 1. The molecule has 0 unspecified atom stereocenters. The van der Waals surface area contributed by atoms with Crippen molar-refractivity contribution in [1.29, 1.82) is 0 Å². The molecule has 186 valence electrons. The van der Waals surface area contributed by atoms with Crippen LogP contribution in [-0.2, 0) is 15.8 Å². The number of carbonyl (C=O) groups excluding carboxylic acids is 3. The number of anilines is 1. The minimum absolute atomic E-state index is 0.0107. The summed E-state index contributed by atoms with van der Waals surface area (Å²) in [5.41, 5.74) is -0.669. The number of alkyl halides is 3. The van der Waals surface area contributed by atoms with Crippen molar-refractivity contribution in [2.75, 3.05) is 33.2 Å². The summed E-state index contributed by atoms with van der Waals surface area (Å²) in [5.74, 6) is -0.648. The minimum Gasteiger partial charge on any atom is -0.495 e. The van der Waals surface area contributed by atoms with Crippen LogP contribution in [0.2, 0.25) is 0 Å². The highest BCUT2D eigenvalue weighted by Crippen LogP contribution is 2.38. The molecule has 3 amide bonds. The third-order valence-corrected chi connectivity index (χ3v) is 6.44. The van der Waals surface area contributed by atoms with E-state index in [1.54, 1.807) is 12.1 Å². The molecule has 0 saturated carbocycles. The Kier molecular flexibility index (Phi) is 8.20. The van der Waals surface area contributed by atoms with Gasteiger partial charge in [0, 0.05) is 0 Å². The molecule has 1 aliphatic heterocycles. The summed E-state index contributed by atoms with van der Waals surface area (Å²) in [5, 5.41) is 1.58. The molecule has 1 saturated heterocycles. The maximum Gasteiger partial charge on any atom is 0.416 e. The van der Waals surface area contributed by atoms with E-state index in [-0.39, 0.29) is 16.3 Å². The highest BCUT2D eigenvalue weighted by Gasteiger charge is 2.37. The van der Waals surface area contributed by atoms with E-state index in [2.05, 4.69) is 5.32 Å². The Balaban J connectivity index is 1.79. The van der Waals surface area contributed by atoms with Crippen molar-refractivity contribution in [3.8, 4) is 17.2 Å². The molecule has 0 aromatic heterocycles. The summed E-state index contributed by atoms with van der Waals surface area (Å²) < 4.78 is 55.4. The summed E-state index contributed by atoms with van der Waals surface area (Å²) in [7, 11) is 4.18. The van der Waals surface area contributed by atoms with Gasteiger partial charge < -0.3 is 19.5 Å². The van der Waals surface area contributed by atoms with E-state index in [1.165, 1.54) is 27.4 Å². The Hall–Kier alpha value is -2.94. The number of halogens is 4. The standard InChI is InChI=1S/C22H18F3IN2O6S/c1-32-15-5-4-12(22(23,24)25)9-14(15)27-18(29)10-28-20(30)17(35-21(28)31)8-11-6-13(26)19(34-3)16(7-11)33-2/h4-9H,10H2,1-3H3,(H,27,29)/b17-8-. The van der Waals surface area contributed by atoms with Gasteiger partial charge in [-0.25, -0.2) is 0 Å². The molecule has 3 rings (SSSR count). The predicted octanol–water partition coefficient (Wildman–Crippen LogP) is 5.01. The van der Waals surface area contributed by atoms with Crippen molar-refractivity contribution in [1.82, 2.24) is 4.90 Å². The number of nitrogens with zero attached hydrogens (tertiary/aromatic N) is 1. The number of benzene rings is 2. The molecule has 2 aromatic carbocycles. The maximum absolute atomic E-state index is 13.0. The van der Waals surface area contributed by atoms with Crippen LogP contribution in [0.5, 0.6) is 17.2 Å². The molecule has 1 heterocycles. The lowest BCUT2D eigenvalue weighted by Gasteiger charge is -2.16. The quantitative estimate of drug-likeness (QED) is 0.343. The first kappa shape index (κ1) is 26.7. The van der Waals surface area contributed by atoms with Crippen molar-refractivity contribution in [3.63, 3.8) is 0 Å². The monoisotopic (exact) mass is 622 g/mol. The average molecular weight is 622 g/mol. The van der Waals surface area contributed by atoms with Gasteiger partial charge in [-0.15, -0.1) is 0 Å². The Morgan fingerprint density at radius 3 is 2.37 bits per heavy atom. The topological polar surface area (TPSA) is 94.2 Å². The fraction of sp³-hybridized carbons (Fsp3) is 0.227. The van der Waals surface area contributed by atoms with Crippen LogP contribution in [0.1, 0.15) is 11.1 Å². The molecule has 0 aliphatic carbocycles. The van der Waals surface area contributed by atoms with Gasteiger partial charge in [-0.1, -0.05) is 0 Å². The van der Waals surface area contributed by atoms with E-state index in [4.69, 9.17) is 14.2 Å². The van der Waals surface area contributed by atoms with E-state index >= 15 is 0 Å². The van der Waals surface area contributed by atoms with Gasteiger partial charge in [0.25, 0.3) is 11.1 Å². The Bertz CT molecular complexity index is 1220. The van der Waals surface area contributed by atoms with E-state index in [1.807, 2.05) is 22.6 Å². The maximum atomic E-state index is 13.0. The van der Waals surface area contributed by atoms with Gasteiger partial charge >= 0.3 is 6.18 Å². The molecule has 13 heteroatoms. The summed E-state index contributed by atoms with van der Waals surface area (Å²) in [6.07, 6.45) is -3.16. The van der Waals surface area contributed by atoms with Gasteiger partial charge in [-0.3, -0.25) is 19.3 Å². The number of carbonyl (C=O) groups is 3. The number of nitrogens with one attached hydrogen (secondary N) is 1. The molecule has 1 N–H and O–H groups in total. The van der Waals surface area contributed by atoms with Gasteiger partial charge in [0.2, 0.25) is 5.91 Å². The largest absolute Gasteiger partial charge is 0.495 e. The zero-order chi connectivity index (χ0) is 25.9. The fourth-order valence-electron chi connectivity index (χ4n) is 3.12. The molecule has 8 nitrogen and oxygen atoms in total. The second-order valence-corrected chi connectivity index (χ2v) is 9.12. The predicted molar refractivity (Wildman–Crippen MR) is 132 cm³/mol. The molecule has 1 fully saturated rings. The molecular weight excluding hydrogens is 604 g/mol. The van der Waals surface area contributed by atoms with Crippen LogP contribution in [0.15, 0.2) is 35.2 Å². The highest BCUT2D eigenvalue weighted by atomic mass is 127. The van der Waals surface area contributed by atoms with E-state index < -0.39 is 35.3 Å². The van der Waals surface area contributed by atoms with Gasteiger partial charge in [-0.2, -0.15) is 13.2 Å². The van der Waals surface area contributed by atoms with Crippen molar-refractivity contribution in [3.05, 3.63) is 49.9 Å². The average Bonchev–Trinajstić information content (AvgIpc) is 3.05. The number of imide groups is 1. The van der Waals surface area contributed by atoms with Crippen molar-refractivity contribution in [2.45, 2.75) is 6.18 Å². The van der Waals surface area contributed by atoms with E-state index in [9.17, 15) is 27.6 Å². The molecule has 0 bridgehead atoms.